The molecule has 0 fully saturated rings. The zero-order valence-corrected chi connectivity index (χ0v) is 11.0. The first-order valence-corrected chi connectivity index (χ1v) is 6.31. The van der Waals surface area contributed by atoms with Gasteiger partial charge in [-0.05, 0) is 30.4 Å². The monoisotopic (exact) mass is 284 g/mol. The van der Waals surface area contributed by atoms with E-state index in [1.807, 2.05) is 12.1 Å². The van der Waals surface area contributed by atoms with Crippen LogP contribution in [0.4, 0.5) is 5.69 Å². The van der Waals surface area contributed by atoms with Gasteiger partial charge in [-0.2, -0.15) is 0 Å². The molecule has 0 spiro atoms. The molecule has 6 nitrogen and oxygen atoms in total. The second-order valence-corrected chi connectivity index (χ2v) is 4.32. The summed E-state index contributed by atoms with van der Waals surface area (Å²) in [5.41, 5.74) is 1.36. The zero-order chi connectivity index (χ0) is 14.7. The summed E-state index contributed by atoms with van der Waals surface area (Å²) in [6.07, 6.45) is 7.79. The molecule has 1 aromatic carbocycles. The molecule has 1 aliphatic heterocycles. The Labute approximate surface area is 120 Å². The van der Waals surface area contributed by atoms with Gasteiger partial charge < -0.3 is 14.0 Å². The summed E-state index contributed by atoms with van der Waals surface area (Å²) in [6.45, 7) is 0. The van der Waals surface area contributed by atoms with Gasteiger partial charge in [0.2, 0.25) is 0 Å². The van der Waals surface area contributed by atoms with E-state index < -0.39 is 11.2 Å². The van der Waals surface area contributed by atoms with Crippen LogP contribution in [0.3, 0.4) is 0 Å². The Balaban J connectivity index is 1.94. The van der Waals surface area contributed by atoms with E-state index in [0.717, 1.165) is 5.69 Å². The first-order valence-electron chi connectivity index (χ1n) is 6.31. The van der Waals surface area contributed by atoms with Gasteiger partial charge >= 0.3 is 0 Å². The molecule has 1 aliphatic rings. The SMILES string of the molecule is O=[N+]([O-])c1ccccc1-n1cccc1C=CC1OC=CO1. The molecule has 3 rings (SSSR count). The normalized spacial score (nSPS) is 14.3. The molecule has 21 heavy (non-hydrogen) atoms. The van der Waals surface area contributed by atoms with Gasteiger partial charge in [-0.1, -0.05) is 12.1 Å². The van der Waals surface area contributed by atoms with Crippen LogP contribution in [-0.2, 0) is 9.47 Å². The molecule has 0 bridgehead atoms. The largest absolute Gasteiger partial charge is 0.456 e. The number of hydrogen-bond donors (Lipinski definition) is 0. The minimum Gasteiger partial charge on any atom is -0.456 e. The second-order valence-electron chi connectivity index (χ2n) is 4.32. The molecule has 6 heteroatoms. The van der Waals surface area contributed by atoms with E-state index in [1.165, 1.54) is 18.6 Å². The van der Waals surface area contributed by atoms with Crippen LogP contribution in [0.15, 0.2) is 61.2 Å². The van der Waals surface area contributed by atoms with Crippen LogP contribution in [-0.4, -0.2) is 15.8 Å². The molecule has 0 saturated heterocycles. The van der Waals surface area contributed by atoms with Crippen molar-refractivity contribution < 1.29 is 14.4 Å². The highest BCUT2D eigenvalue weighted by Crippen LogP contribution is 2.24. The number of hydrogen-bond acceptors (Lipinski definition) is 4. The summed E-state index contributed by atoms with van der Waals surface area (Å²) in [4.78, 5) is 10.7. The molecule has 0 radical (unpaired) electrons. The predicted octanol–water partition coefficient (Wildman–Crippen LogP) is 3.24. The van der Waals surface area contributed by atoms with E-state index in [4.69, 9.17) is 9.47 Å². The molecule has 1 aromatic heterocycles. The molecule has 2 heterocycles. The summed E-state index contributed by atoms with van der Waals surface area (Å²) in [5.74, 6) is 0. The number of rotatable bonds is 4. The Kier molecular flexibility index (Phi) is 3.42. The van der Waals surface area contributed by atoms with Crippen molar-refractivity contribution in [3.63, 3.8) is 0 Å². The lowest BCUT2D eigenvalue weighted by atomic mass is 10.2. The molecule has 0 saturated carbocycles. The molecular formula is C15H12N2O4. The van der Waals surface area contributed by atoms with Crippen LogP contribution in [0, 0.1) is 10.1 Å². The van der Waals surface area contributed by atoms with Crippen molar-refractivity contribution in [1.29, 1.82) is 0 Å². The van der Waals surface area contributed by atoms with E-state index in [1.54, 1.807) is 41.1 Å². The average molecular weight is 284 g/mol. The summed E-state index contributed by atoms with van der Waals surface area (Å²) in [6, 6.07) is 10.3. The lowest BCUT2D eigenvalue weighted by Gasteiger charge is -2.08. The van der Waals surface area contributed by atoms with Gasteiger partial charge in [0.1, 0.15) is 18.2 Å². The Bertz CT molecular complexity index is 710. The van der Waals surface area contributed by atoms with Crippen molar-refractivity contribution in [2.75, 3.05) is 0 Å². The highest BCUT2D eigenvalue weighted by Gasteiger charge is 2.15. The molecule has 0 aliphatic carbocycles. The van der Waals surface area contributed by atoms with Gasteiger partial charge in [-0.3, -0.25) is 10.1 Å². The first kappa shape index (κ1) is 13.0. The van der Waals surface area contributed by atoms with Crippen molar-refractivity contribution in [1.82, 2.24) is 4.57 Å². The van der Waals surface area contributed by atoms with Crippen LogP contribution in [0.25, 0.3) is 11.8 Å². The third kappa shape index (κ3) is 2.64. The summed E-state index contributed by atoms with van der Waals surface area (Å²) < 4.78 is 12.1. The van der Waals surface area contributed by atoms with Crippen LogP contribution < -0.4 is 0 Å². The number of benzene rings is 1. The van der Waals surface area contributed by atoms with E-state index >= 15 is 0 Å². The van der Waals surface area contributed by atoms with Crippen molar-refractivity contribution in [3.05, 3.63) is 77.0 Å². The molecular weight excluding hydrogens is 272 g/mol. The first-order chi connectivity index (χ1) is 10.3. The second kappa shape index (κ2) is 5.54. The van der Waals surface area contributed by atoms with Gasteiger partial charge in [0.25, 0.3) is 12.0 Å². The standard InChI is InChI=1S/C15H12N2O4/c18-17(19)14-6-2-1-5-13(14)16-9-3-4-12(16)7-8-15-20-10-11-21-15/h1-11,15H. The number of aromatic nitrogens is 1. The fraction of sp³-hybridized carbons (Fsp3) is 0.0667. The summed E-state index contributed by atoms with van der Waals surface area (Å²) in [5, 5.41) is 11.1. The van der Waals surface area contributed by atoms with Crippen LogP contribution >= 0.6 is 0 Å². The number of ether oxygens (including phenoxy) is 2. The number of nitro benzene ring substituents is 1. The summed E-state index contributed by atoms with van der Waals surface area (Å²) in [7, 11) is 0. The maximum atomic E-state index is 11.1. The van der Waals surface area contributed by atoms with Crippen molar-refractivity contribution in [2.24, 2.45) is 0 Å². The van der Waals surface area contributed by atoms with E-state index in [-0.39, 0.29) is 5.69 Å². The predicted molar refractivity (Wildman–Crippen MR) is 76.6 cm³/mol. The smallest absolute Gasteiger partial charge is 0.293 e. The Morgan fingerprint density at radius 2 is 1.90 bits per heavy atom. The maximum absolute atomic E-state index is 11.1. The highest BCUT2D eigenvalue weighted by atomic mass is 16.7. The molecule has 2 aromatic rings. The lowest BCUT2D eigenvalue weighted by Crippen LogP contribution is -2.03. The van der Waals surface area contributed by atoms with Crippen molar-refractivity contribution in [2.45, 2.75) is 6.29 Å². The topological polar surface area (TPSA) is 66.5 Å². The van der Waals surface area contributed by atoms with Gasteiger partial charge in [0, 0.05) is 18.0 Å². The van der Waals surface area contributed by atoms with E-state index in [2.05, 4.69) is 0 Å². The van der Waals surface area contributed by atoms with Gasteiger partial charge in [-0.15, -0.1) is 0 Å². The van der Waals surface area contributed by atoms with Gasteiger partial charge in [0.05, 0.1) is 4.92 Å². The van der Waals surface area contributed by atoms with Crippen molar-refractivity contribution >= 4 is 11.8 Å². The summed E-state index contributed by atoms with van der Waals surface area (Å²) >= 11 is 0. The molecule has 0 N–H and O–H groups in total. The zero-order valence-electron chi connectivity index (χ0n) is 11.0. The Morgan fingerprint density at radius 3 is 2.67 bits per heavy atom. The van der Waals surface area contributed by atoms with Crippen LogP contribution in [0.5, 0.6) is 0 Å². The quantitative estimate of drug-likeness (QED) is 0.638. The number of para-hydroxylation sites is 2. The Hall–Kier alpha value is -3.02. The number of nitrogens with zero attached hydrogens (tertiary/aromatic N) is 2. The van der Waals surface area contributed by atoms with E-state index in [9.17, 15) is 10.1 Å². The van der Waals surface area contributed by atoms with E-state index in [0.29, 0.717) is 5.69 Å². The van der Waals surface area contributed by atoms with Crippen LogP contribution in [0.2, 0.25) is 0 Å². The fourth-order valence-electron chi connectivity index (χ4n) is 2.09. The average Bonchev–Trinajstić information content (AvgIpc) is 3.16. The molecule has 0 unspecified atom stereocenters. The Morgan fingerprint density at radius 1 is 1.14 bits per heavy atom. The van der Waals surface area contributed by atoms with Crippen LogP contribution in [0.1, 0.15) is 5.69 Å². The van der Waals surface area contributed by atoms with Crippen molar-refractivity contribution in [3.8, 4) is 5.69 Å². The molecule has 0 amide bonds. The van der Waals surface area contributed by atoms with Gasteiger partial charge in [0.15, 0.2) is 0 Å². The van der Waals surface area contributed by atoms with Gasteiger partial charge in [-0.25, -0.2) is 0 Å². The minimum atomic E-state index is -0.459. The highest BCUT2D eigenvalue weighted by molar-refractivity contribution is 5.58. The fourth-order valence-corrected chi connectivity index (χ4v) is 2.09. The third-order valence-electron chi connectivity index (χ3n) is 3.02. The lowest BCUT2D eigenvalue weighted by molar-refractivity contribution is -0.384. The minimum absolute atomic E-state index is 0.0541. The number of nitro groups is 1. The third-order valence-corrected chi connectivity index (χ3v) is 3.02. The molecule has 106 valence electrons. The maximum Gasteiger partial charge on any atom is 0.293 e. The molecule has 0 atom stereocenters.